The maximum atomic E-state index is 12.2. The summed E-state index contributed by atoms with van der Waals surface area (Å²) in [6.07, 6.45) is 2.59. The lowest BCUT2D eigenvalue weighted by Crippen LogP contribution is -2.39. The van der Waals surface area contributed by atoms with Crippen LogP contribution < -0.4 is 14.6 Å². The van der Waals surface area contributed by atoms with Crippen molar-refractivity contribution in [1.82, 2.24) is 5.43 Å². The first-order valence-corrected chi connectivity index (χ1v) is 10.6. The molecule has 150 valence electrons. The van der Waals surface area contributed by atoms with E-state index in [0.717, 1.165) is 32.9 Å². The van der Waals surface area contributed by atoms with Crippen LogP contribution in [0.3, 0.4) is 0 Å². The van der Waals surface area contributed by atoms with Crippen molar-refractivity contribution < 1.29 is 13.2 Å². The van der Waals surface area contributed by atoms with E-state index >= 15 is 0 Å². The number of aryl methyl sites for hydroxylation is 2. The van der Waals surface area contributed by atoms with Crippen LogP contribution in [-0.2, 0) is 14.8 Å². The Balaban J connectivity index is 2.08. The number of nitrogens with zero attached hydrogens (tertiary/aromatic N) is 3. The molecule has 0 aliphatic carbocycles. The molecule has 1 N–H and O–H groups in total. The molecule has 1 amide bonds. The molecule has 0 aromatic heterocycles. The third-order valence-corrected chi connectivity index (χ3v) is 5.25. The van der Waals surface area contributed by atoms with Gasteiger partial charge < -0.3 is 4.90 Å². The van der Waals surface area contributed by atoms with Crippen LogP contribution in [0.4, 0.5) is 11.4 Å². The fraction of sp³-hybridized carbons (Fsp3) is 0.300. The second kappa shape index (κ2) is 8.88. The average Bonchev–Trinajstić information content (AvgIpc) is 2.60. The SMILES string of the molecule is Cc1ccc(N(CC(=O)N/N=C\c2ccc(N(C)C)cc2)S(C)(=O)=O)c(C)c1. The number of sulfonamides is 1. The second-order valence-corrected chi connectivity index (χ2v) is 8.75. The highest BCUT2D eigenvalue weighted by Gasteiger charge is 2.22. The maximum Gasteiger partial charge on any atom is 0.260 e. The van der Waals surface area contributed by atoms with E-state index in [9.17, 15) is 13.2 Å². The largest absolute Gasteiger partial charge is 0.378 e. The van der Waals surface area contributed by atoms with Gasteiger partial charge in [0.1, 0.15) is 6.54 Å². The highest BCUT2D eigenvalue weighted by Crippen LogP contribution is 2.23. The minimum Gasteiger partial charge on any atom is -0.378 e. The molecule has 0 saturated heterocycles. The predicted octanol–water partition coefficient (Wildman–Crippen LogP) is 2.29. The van der Waals surface area contributed by atoms with Crippen molar-refractivity contribution in [3.63, 3.8) is 0 Å². The molecule has 0 fully saturated rings. The summed E-state index contributed by atoms with van der Waals surface area (Å²) in [7, 11) is 0.279. The lowest BCUT2D eigenvalue weighted by molar-refractivity contribution is -0.119. The van der Waals surface area contributed by atoms with Gasteiger partial charge in [0.25, 0.3) is 5.91 Å². The minimum atomic E-state index is -3.62. The molecule has 0 unspecified atom stereocenters. The molecule has 0 bridgehead atoms. The summed E-state index contributed by atoms with van der Waals surface area (Å²) in [5, 5.41) is 3.92. The molecular weight excluding hydrogens is 376 g/mol. The van der Waals surface area contributed by atoms with Gasteiger partial charge in [-0.25, -0.2) is 13.8 Å². The van der Waals surface area contributed by atoms with Gasteiger partial charge in [-0.1, -0.05) is 29.8 Å². The molecule has 2 rings (SSSR count). The number of amides is 1. The Morgan fingerprint density at radius 1 is 1.11 bits per heavy atom. The number of hydrogen-bond donors (Lipinski definition) is 1. The molecule has 0 spiro atoms. The first-order chi connectivity index (χ1) is 13.1. The molecule has 0 aliphatic heterocycles. The van der Waals surface area contributed by atoms with Crippen LogP contribution in [0.1, 0.15) is 16.7 Å². The molecular formula is C20H26N4O3S. The zero-order valence-electron chi connectivity index (χ0n) is 16.8. The predicted molar refractivity (Wildman–Crippen MR) is 115 cm³/mol. The van der Waals surface area contributed by atoms with E-state index < -0.39 is 15.9 Å². The van der Waals surface area contributed by atoms with Crippen LogP contribution in [0.5, 0.6) is 0 Å². The molecule has 0 radical (unpaired) electrons. The van der Waals surface area contributed by atoms with Crippen molar-refractivity contribution in [3.05, 3.63) is 59.2 Å². The van der Waals surface area contributed by atoms with Gasteiger partial charge in [-0.05, 0) is 43.2 Å². The summed E-state index contributed by atoms with van der Waals surface area (Å²) < 4.78 is 25.5. The zero-order valence-corrected chi connectivity index (χ0v) is 17.6. The van der Waals surface area contributed by atoms with Gasteiger partial charge >= 0.3 is 0 Å². The number of benzene rings is 2. The minimum absolute atomic E-state index is 0.348. The Morgan fingerprint density at radius 3 is 2.29 bits per heavy atom. The number of carbonyl (C=O) groups is 1. The van der Waals surface area contributed by atoms with Crippen molar-refractivity contribution in [3.8, 4) is 0 Å². The van der Waals surface area contributed by atoms with E-state index in [2.05, 4.69) is 10.5 Å². The van der Waals surface area contributed by atoms with Crippen LogP contribution in [0.25, 0.3) is 0 Å². The second-order valence-electron chi connectivity index (χ2n) is 6.84. The Kier molecular flexibility index (Phi) is 6.80. The molecule has 7 nitrogen and oxygen atoms in total. The van der Waals surface area contributed by atoms with Gasteiger partial charge in [0.15, 0.2) is 0 Å². The standard InChI is InChI=1S/C20H26N4O3S/c1-15-6-11-19(16(2)12-15)24(28(5,26)27)14-20(25)22-21-13-17-7-9-18(10-8-17)23(3)4/h6-13H,14H2,1-5H3,(H,22,25)/b21-13-. The third kappa shape index (κ3) is 5.82. The van der Waals surface area contributed by atoms with Crippen LogP contribution >= 0.6 is 0 Å². The first kappa shape index (κ1) is 21.4. The number of nitrogens with one attached hydrogen (secondary N) is 1. The van der Waals surface area contributed by atoms with Crippen LogP contribution in [-0.4, -0.2) is 47.4 Å². The average molecular weight is 403 g/mol. The number of hydrazone groups is 1. The van der Waals surface area contributed by atoms with E-state index in [1.54, 1.807) is 6.07 Å². The molecule has 0 saturated carbocycles. The lowest BCUT2D eigenvalue weighted by Gasteiger charge is -2.23. The van der Waals surface area contributed by atoms with Crippen molar-refractivity contribution in [1.29, 1.82) is 0 Å². The molecule has 2 aromatic carbocycles. The van der Waals surface area contributed by atoms with Crippen LogP contribution in [0.15, 0.2) is 47.6 Å². The van der Waals surface area contributed by atoms with Gasteiger partial charge in [-0.2, -0.15) is 5.10 Å². The van der Waals surface area contributed by atoms with Crippen LogP contribution in [0.2, 0.25) is 0 Å². The van der Waals surface area contributed by atoms with Gasteiger partial charge in [-0.3, -0.25) is 9.10 Å². The van der Waals surface area contributed by atoms with Crippen molar-refractivity contribution >= 4 is 33.5 Å². The van der Waals surface area contributed by atoms with Crippen molar-refractivity contribution in [2.45, 2.75) is 13.8 Å². The molecule has 0 aliphatic rings. The monoisotopic (exact) mass is 402 g/mol. The summed E-state index contributed by atoms with van der Waals surface area (Å²) in [4.78, 5) is 14.2. The summed E-state index contributed by atoms with van der Waals surface area (Å²) in [6, 6.07) is 13.0. The van der Waals surface area contributed by atoms with Crippen molar-refractivity contribution in [2.75, 3.05) is 36.1 Å². The quantitative estimate of drug-likeness (QED) is 0.569. The smallest absolute Gasteiger partial charge is 0.260 e. The van der Waals surface area contributed by atoms with Gasteiger partial charge in [-0.15, -0.1) is 0 Å². The number of carbonyl (C=O) groups excluding carboxylic acids is 1. The molecule has 28 heavy (non-hydrogen) atoms. The van der Waals surface area contributed by atoms with Crippen molar-refractivity contribution in [2.24, 2.45) is 5.10 Å². The normalized spacial score (nSPS) is 11.5. The lowest BCUT2D eigenvalue weighted by atomic mass is 10.1. The van der Waals surface area contributed by atoms with Gasteiger partial charge in [0.2, 0.25) is 10.0 Å². The third-order valence-electron chi connectivity index (χ3n) is 4.12. The zero-order chi connectivity index (χ0) is 20.9. The summed E-state index contributed by atoms with van der Waals surface area (Å²) in [6.45, 7) is 3.39. The summed E-state index contributed by atoms with van der Waals surface area (Å²) in [5.41, 5.74) is 6.54. The first-order valence-electron chi connectivity index (χ1n) is 8.72. The topological polar surface area (TPSA) is 82.1 Å². The Morgan fingerprint density at radius 2 is 1.75 bits per heavy atom. The van der Waals surface area contributed by atoms with E-state index in [0.29, 0.717) is 5.69 Å². The van der Waals surface area contributed by atoms with Gasteiger partial charge in [0.05, 0.1) is 18.2 Å². The molecule has 2 aromatic rings. The molecule has 0 atom stereocenters. The molecule has 8 heteroatoms. The number of hydrogen-bond acceptors (Lipinski definition) is 5. The number of anilines is 2. The Bertz CT molecular complexity index is 967. The molecule has 0 heterocycles. The van der Waals surface area contributed by atoms with Crippen LogP contribution in [0, 0.1) is 13.8 Å². The number of rotatable bonds is 7. The Hall–Kier alpha value is -2.87. The highest BCUT2D eigenvalue weighted by molar-refractivity contribution is 7.92. The fourth-order valence-corrected chi connectivity index (χ4v) is 3.58. The van der Waals surface area contributed by atoms with E-state index in [1.807, 2.05) is 69.2 Å². The van der Waals surface area contributed by atoms with Gasteiger partial charge in [0, 0.05) is 19.8 Å². The Labute approximate surface area is 166 Å². The maximum absolute atomic E-state index is 12.2. The highest BCUT2D eigenvalue weighted by atomic mass is 32.2. The summed E-state index contributed by atoms with van der Waals surface area (Å²) in [5.74, 6) is -0.522. The van der Waals surface area contributed by atoms with E-state index in [4.69, 9.17) is 0 Å². The van der Waals surface area contributed by atoms with E-state index in [-0.39, 0.29) is 6.54 Å². The summed E-state index contributed by atoms with van der Waals surface area (Å²) >= 11 is 0. The fourth-order valence-electron chi connectivity index (χ4n) is 2.67. The van der Waals surface area contributed by atoms with E-state index in [1.165, 1.54) is 6.21 Å².